The Morgan fingerprint density at radius 2 is 2.17 bits per heavy atom. The Bertz CT molecular complexity index is 639. The monoisotopic (exact) mass is 318 g/mol. The number of nitrogen functional groups attached to an aromatic ring is 1. The third kappa shape index (κ3) is 4.53. The van der Waals surface area contributed by atoms with E-state index in [1.54, 1.807) is 26.3 Å². The van der Waals surface area contributed by atoms with E-state index in [1.165, 1.54) is 19.4 Å². The number of carbonyl (C=O) groups is 2. The van der Waals surface area contributed by atoms with Crippen molar-refractivity contribution in [2.24, 2.45) is 10.7 Å². The van der Waals surface area contributed by atoms with Crippen molar-refractivity contribution >= 4 is 29.4 Å². The molecule has 0 saturated heterocycles. The van der Waals surface area contributed by atoms with E-state index in [2.05, 4.69) is 20.6 Å². The summed E-state index contributed by atoms with van der Waals surface area (Å²) >= 11 is 0. The van der Waals surface area contributed by atoms with Gasteiger partial charge in [-0.1, -0.05) is 6.92 Å². The average Bonchev–Trinajstić information content (AvgIpc) is 2.57. The first-order valence-electron chi connectivity index (χ1n) is 7.10. The number of aromatic nitrogens is 1. The minimum Gasteiger partial charge on any atom is -0.404 e. The molecule has 8 nitrogen and oxygen atoms in total. The number of nitrogens with one attached hydrogen (secondary N) is 2. The second-order valence-electron chi connectivity index (χ2n) is 4.71. The van der Waals surface area contributed by atoms with Gasteiger partial charge in [-0.3, -0.25) is 14.6 Å². The third-order valence-corrected chi connectivity index (χ3v) is 3.22. The van der Waals surface area contributed by atoms with Crippen LogP contribution in [-0.4, -0.2) is 43.2 Å². The molecule has 0 aromatic carbocycles. The molecule has 0 aliphatic carbocycles. The van der Waals surface area contributed by atoms with E-state index in [-0.39, 0.29) is 17.3 Å². The number of carbonyl (C=O) groups excluding carboxylic acids is 2. The van der Waals surface area contributed by atoms with Crippen molar-refractivity contribution in [3.63, 3.8) is 0 Å². The molecule has 0 spiro atoms. The zero-order valence-electron chi connectivity index (χ0n) is 13.5. The quantitative estimate of drug-likeness (QED) is 0.544. The minimum atomic E-state index is -0.641. The maximum Gasteiger partial charge on any atom is 0.255 e. The minimum absolute atomic E-state index is 0.0721. The predicted molar refractivity (Wildman–Crippen MR) is 90.8 cm³/mol. The topological polar surface area (TPSA) is 135 Å². The second-order valence-corrected chi connectivity index (χ2v) is 4.71. The van der Waals surface area contributed by atoms with Crippen LogP contribution < -0.4 is 22.1 Å². The molecule has 23 heavy (non-hydrogen) atoms. The first-order valence-corrected chi connectivity index (χ1v) is 7.10. The van der Waals surface area contributed by atoms with Gasteiger partial charge in [-0.15, -0.1) is 0 Å². The lowest BCUT2D eigenvalue weighted by Crippen LogP contribution is -2.45. The molecular formula is C15H22N6O2. The summed E-state index contributed by atoms with van der Waals surface area (Å²) in [5.74, 6) is -0.677. The summed E-state index contributed by atoms with van der Waals surface area (Å²) in [4.78, 5) is 32.0. The normalized spacial score (nSPS) is 12.9. The first-order chi connectivity index (χ1) is 11.0. The van der Waals surface area contributed by atoms with Gasteiger partial charge in [0.25, 0.3) is 5.91 Å². The van der Waals surface area contributed by atoms with Crippen LogP contribution in [0.2, 0.25) is 0 Å². The maximum atomic E-state index is 12.4. The number of hydrogen-bond acceptors (Lipinski definition) is 6. The van der Waals surface area contributed by atoms with Gasteiger partial charge in [-0.05, 0) is 12.5 Å². The predicted octanol–water partition coefficient (Wildman–Crippen LogP) is -0.0816. The van der Waals surface area contributed by atoms with E-state index in [4.69, 9.17) is 11.5 Å². The molecule has 0 bridgehead atoms. The fourth-order valence-corrected chi connectivity index (χ4v) is 1.93. The summed E-state index contributed by atoms with van der Waals surface area (Å²) < 4.78 is 0. The Balaban J connectivity index is 3.12. The summed E-state index contributed by atoms with van der Waals surface area (Å²) in [5, 5.41) is 5.13. The van der Waals surface area contributed by atoms with Crippen LogP contribution in [0.25, 0.3) is 5.57 Å². The van der Waals surface area contributed by atoms with Gasteiger partial charge in [0.15, 0.2) is 0 Å². The van der Waals surface area contributed by atoms with Crippen molar-refractivity contribution in [2.75, 3.05) is 19.8 Å². The Kier molecular flexibility index (Phi) is 6.72. The molecule has 0 radical (unpaired) electrons. The van der Waals surface area contributed by atoms with Crippen molar-refractivity contribution in [1.29, 1.82) is 0 Å². The van der Waals surface area contributed by atoms with Gasteiger partial charge in [0.1, 0.15) is 11.9 Å². The van der Waals surface area contributed by atoms with Gasteiger partial charge in [-0.2, -0.15) is 0 Å². The van der Waals surface area contributed by atoms with Gasteiger partial charge in [-0.25, -0.2) is 4.98 Å². The number of nitrogens with zero attached hydrogens (tertiary/aromatic N) is 2. The van der Waals surface area contributed by atoms with Gasteiger partial charge in [0.05, 0.1) is 5.56 Å². The lowest BCUT2D eigenvalue weighted by atomic mass is 10.1. The van der Waals surface area contributed by atoms with E-state index in [0.717, 1.165) is 0 Å². The number of aliphatic imine (C=N–C) groups is 1. The Morgan fingerprint density at radius 3 is 2.70 bits per heavy atom. The van der Waals surface area contributed by atoms with Gasteiger partial charge in [0.2, 0.25) is 5.91 Å². The van der Waals surface area contributed by atoms with Crippen molar-refractivity contribution in [3.05, 3.63) is 29.6 Å². The van der Waals surface area contributed by atoms with Gasteiger partial charge in [0, 0.05) is 43.8 Å². The second kappa shape index (κ2) is 8.52. The number of hydrogen-bond donors (Lipinski definition) is 4. The highest BCUT2D eigenvalue weighted by Crippen LogP contribution is 2.17. The molecular weight excluding hydrogens is 296 g/mol. The van der Waals surface area contributed by atoms with E-state index < -0.39 is 11.9 Å². The summed E-state index contributed by atoms with van der Waals surface area (Å²) in [5.41, 5.74) is 12.7. The van der Waals surface area contributed by atoms with Crippen molar-refractivity contribution in [2.45, 2.75) is 19.4 Å². The number of rotatable bonds is 6. The summed E-state index contributed by atoms with van der Waals surface area (Å²) in [6.07, 6.45) is 4.87. The van der Waals surface area contributed by atoms with Crippen LogP contribution >= 0.6 is 0 Å². The van der Waals surface area contributed by atoms with E-state index in [9.17, 15) is 9.59 Å². The van der Waals surface area contributed by atoms with Crippen molar-refractivity contribution in [3.8, 4) is 0 Å². The van der Waals surface area contributed by atoms with E-state index in [1.807, 2.05) is 0 Å². The fraction of sp³-hybridized carbons (Fsp3) is 0.333. The first kappa shape index (κ1) is 18.1. The van der Waals surface area contributed by atoms with Crippen LogP contribution in [0.1, 0.15) is 29.3 Å². The average molecular weight is 318 g/mol. The van der Waals surface area contributed by atoms with Crippen LogP contribution in [0.15, 0.2) is 23.5 Å². The molecule has 8 heteroatoms. The Morgan fingerprint density at radius 1 is 1.48 bits per heavy atom. The molecule has 0 aliphatic heterocycles. The molecule has 1 unspecified atom stereocenters. The number of amides is 2. The Hall–Kier alpha value is -2.90. The summed E-state index contributed by atoms with van der Waals surface area (Å²) in [6, 6.07) is 0.923. The molecule has 2 amide bonds. The zero-order chi connectivity index (χ0) is 17.4. The van der Waals surface area contributed by atoms with Gasteiger partial charge >= 0.3 is 0 Å². The van der Waals surface area contributed by atoms with Gasteiger partial charge < -0.3 is 22.1 Å². The number of anilines is 1. The van der Waals surface area contributed by atoms with E-state index in [0.29, 0.717) is 17.6 Å². The summed E-state index contributed by atoms with van der Waals surface area (Å²) in [6.45, 7) is 1.80. The maximum absolute atomic E-state index is 12.4. The van der Waals surface area contributed by atoms with E-state index >= 15 is 0 Å². The third-order valence-electron chi connectivity index (χ3n) is 3.22. The largest absolute Gasteiger partial charge is 0.404 e. The number of nitrogens with two attached hydrogens (primary N) is 2. The molecule has 1 rings (SSSR count). The van der Waals surface area contributed by atoms with Crippen LogP contribution in [-0.2, 0) is 4.79 Å². The number of allylic oxidation sites excluding steroid dienone is 1. The standard InChI is InChI=1S/C15H22N6O2/c1-4-12(15(23)19-3)21-14(22)11-5-9(8-20-13(11)17)10(6-16)7-18-2/h5-8,12H,4,16H2,1-3H3,(H2,17,20)(H,19,23)(H,21,22). The molecule has 1 atom stereocenters. The molecule has 1 heterocycles. The Labute approximate surface area is 135 Å². The molecule has 0 fully saturated rings. The van der Waals surface area contributed by atoms with Crippen LogP contribution in [0.3, 0.4) is 0 Å². The smallest absolute Gasteiger partial charge is 0.255 e. The highest BCUT2D eigenvalue weighted by molar-refractivity contribution is 6.10. The molecule has 1 aromatic heterocycles. The number of pyridine rings is 1. The molecule has 1 aromatic rings. The van der Waals surface area contributed by atoms with Crippen molar-refractivity contribution < 1.29 is 9.59 Å². The molecule has 6 N–H and O–H groups in total. The highest BCUT2D eigenvalue weighted by Gasteiger charge is 2.20. The zero-order valence-corrected chi connectivity index (χ0v) is 13.5. The van der Waals surface area contributed by atoms with Crippen LogP contribution in [0.4, 0.5) is 5.82 Å². The van der Waals surface area contributed by atoms with Crippen LogP contribution in [0, 0.1) is 0 Å². The lowest BCUT2D eigenvalue weighted by molar-refractivity contribution is -0.122. The van der Waals surface area contributed by atoms with Crippen LogP contribution in [0.5, 0.6) is 0 Å². The SMILES string of the molecule is CCC(NC(=O)c1cc(C(C=NC)=CN)cnc1N)C(=O)NC. The highest BCUT2D eigenvalue weighted by atomic mass is 16.2. The number of likely N-dealkylation sites (N-methyl/N-ethyl adjacent to an activating group) is 1. The molecule has 0 saturated carbocycles. The molecule has 124 valence electrons. The molecule has 0 aliphatic rings. The summed E-state index contributed by atoms with van der Waals surface area (Å²) in [7, 11) is 3.12. The lowest BCUT2D eigenvalue weighted by Gasteiger charge is -2.16. The fourth-order valence-electron chi connectivity index (χ4n) is 1.93. The van der Waals surface area contributed by atoms with Crippen molar-refractivity contribution in [1.82, 2.24) is 15.6 Å².